The molecule has 0 N–H and O–H groups in total. The molecule has 0 aromatic heterocycles. The molecule has 0 bridgehead atoms. The summed E-state index contributed by atoms with van der Waals surface area (Å²) in [5.74, 6) is 0. The zero-order chi connectivity index (χ0) is 25.1. The van der Waals surface area contributed by atoms with Gasteiger partial charge in [-0.1, -0.05) is 0 Å². The number of rotatable bonds is 3. The van der Waals surface area contributed by atoms with Gasteiger partial charge in [0.05, 0.1) is 0 Å². The fourth-order valence-corrected chi connectivity index (χ4v) is 26.8. The Hall–Kier alpha value is -2.22. The first-order valence-corrected chi connectivity index (χ1v) is 22.3. The van der Waals surface area contributed by atoms with Crippen molar-refractivity contribution in [2.45, 2.75) is 27.3 Å². The van der Waals surface area contributed by atoms with Gasteiger partial charge in [-0.3, -0.25) is 0 Å². The maximum atomic E-state index is 2.62. The molecule has 0 saturated carbocycles. The minimum Gasteiger partial charge on any atom is -1.00 e. The van der Waals surface area contributed by atoms with Crippen molar-refractivity contribution in [3.05, 3.63) is 143 Å². The van der Waals surface area contributed by atoms with Crippen LogP contribution in [0.15, 0.2) is 109 Å². The van der Waals surface area contributed by atoms with E-state index < -0.39 is 25.8 Å². The van der Waals surface area contributed by atoms with Crippen molar-refractivity contribution in [1.29, 1.82) is 0 Å². The first-order valence-electron chi connectivity index (χ1n) is 13.3. The molecule has 0 saturated heterocycles. The minimum absolute atomic E-state index is 0. The van der Waals surface area contributed by atoms with E-state index in [2.05, 4.69) is 135 Å². The van der Waals surface area contributed by atoms with Gasteiger partial charge < -0.3 is 24.8 Å². The smallest absolute Gasteiger partial charge is 1.00 e. The van der Waals surface area contributed by atoms with Crippen molar-refractivity contribution in [2.24, 2.45) is 0 Å². The van der Waals surface area contributed by atoms with Gasteiger partial charge in [-0.25, -0.2) is 0 Å². The van der Waals surface area contributed by atoms with Crippen molar-refractivity contribution in [3.8, 4) is 11.1 Å². The van der Waals surface area contributed by atoms with Gasteiger partial charge in [0, 0.05) is 0 Å². The molecule has 2 aliphatic carbocycles. The summed E-state index contributed by atoms with van der Waals surface area (Å²) in [5, 5.41) is 2.75. The summed E-state index contributed by atoms with van der Waals surface area (Å²) in [4.78, 5) is 0. The maximum Gasteiger partial charge on any atom is -1.00 e. The SMILES string of the molecule is Cc1cc(C2=Cc3ccccc3[CH]2[Zr+2]([CH]2c3ccccc3-c3ccccc32)=[Si](C)C)c2ccccc2c1.[Cl-].[Cl-]. The van der Waals surface area contributed by atoms with Crippen LogP contribution in [0.4, 0.5) is 0 Å². The van der Waals surface area contributed by atoms with E-state index in [1.54, 1.807) is 22.3 Å². The summed E-state index contributed by atoms with van der Waals surface area (Å²) in [7, 11) is 0. The van der Waals surface area contributed by atoms with Crippen LogP contribution in [0.2, 0.25) is 13.1 Å². The van der Waals surface area contributed by atoms with E-state index in [0.29, 0.717) is 7.25 Å². The Morgan fingerprint density at radius 1 is 0.590 bits per heavy atom. The Labute approximate surface area is 252 Å². The molecule has 4 heteroatoms. The molecule has 192 valence electrons. The van der Waals surface area contributed by atoms with Gasteiger partial charge in [-0.2, -0.15) is 0 Å². The molecule has 2 aliphatic rings. The van der Waals surface area contributed by atoms with E-state index in [1.807, 2.05) is 0 Å². The first-order chi connectivity index (χ1) is 18.1. The molecule has 0 spiro atoms. The molecule has 1 unspecified atom stereocenters. The first kappa shape index (κ1) is 28.3. The molecule has 0 radical (unpaired) electrons. The molecule has 0 amide bonds. The van der Waals surface area contributed by atoms with E-state index in [4.69, 9.17) is 0 Å². The van der Waals surface area contributed by atoms with Crippen LogP contribution < -0.4 is 24.8 Å². The predicted molar refractivity (Wildman–Crippen MR) is 157 cm³/mol. The average Bonchev–Trinajstić information content (AvgIpc) is 3.45. The Balaban J connectivity index is 0.00000154. The van der Waals surface area contributed by atoms with Crippen molar-refractivity contribution >= 4 is 27.9 Å². The van der Waals surface area contributed by atoms with E-state index in [9.17, 15) is 0 Å². The fourth-order valence-electron chi connectivity index (χ4n) is 6.83. The van der Waals surface area contributed by atoms with Gasteiger partial charge >= 0.3 is 229 Å². The monoisotopic (exact) mass is 638 g/mol. The van der Waals surface area contributed by atoms with Gasteiger partial charge in [0.15, 0.2) is 0 Å². The molecule has 0 fully saturated rings. The van der Waals surface area contributed by atoms with E-state index in [0.717, 1.165) is 0 Å². The zero-order valence-electron chi connectivity index (χ0n) is 22.4. The van der Waals surface area contributed by atoms with Crippen molar-refractivity contribution in [2.75, 3.05) is 0 Å². The van der Waals surface area contributed by atoms with Crippen molar-refractivity contribution in [1.82, 2.24) is 0 Å². The Morgan fingerprint density at radius 3 is 1.82 bits per heavy atom. The molecular formula is C35H30Cl2SiZr. The number of fused-ring (bicyclic) bond motifs is 5. The fraction of sp³-hybridized carbons (Fsp3) is 0.143. The van der Waals surface area contributed by atoms with Crippen LogP contribution in [-0.2, 0) is 20.4 Å². The number of allylic oxidation sites excluding steroid dienone is 1. The topological polar surface area (TPSA) is 0 Å². The van der Waals surface area contributed by atoms with Gasteiger partial charge in [0.1, 0.15) is 0 Å². The summed E-state index contributed by atoms with van der Waals surface area (Å²) in [5.41, 5.74) is 13.1. The second-order valence-electron chi connectivity index (χ2n) is 10.8. The third-order valence-corrected chi connectivity index (χ3v) is 27.5. The molecule has 0 aliphatic heterocycles. The molecule has 0 nitrogen and oxygen atoms in total. The number of hydrogen-bond acceptors (Lipinski definition) is 0. The molecule has 0 heterocycles. The van der Waals surface area contributed by atoms with Crippen molar-refractivity contribution < 1.29 is 45.2 Å². The van der Waals surface area contributed by atoms with Crippen LogP contribution in [0.1, 0.15) is 40.6 Å². The number of benzene rings is 5. The van der Waals surface area contributed by atoms with Crippen LogP contribution in [-0.4, -0.2) is 5.43 Å². The number of hydrogen-bond donors (Lipinski definition) is 0. The van der Waals surface area contributed by atoms with Gasteiger partial charge in [0.25, 0.3) is 0 Å². The van der Waals surface area contributed by atoms with Gasteiger partial charge in [-0.15, -0.1) is 0 Å². The van der Waals surface area contributed by atoms with Crippen LogP contribution in [0.3, 0.4) is 0 Å². The van der Waals surface area contributed by atoms with Gasteiger partial charge in [0.2, 0.25) is 0 Å². The van der Waals surface area contributed by atoms with Crippen LogP contribution in [0.25, 0.3) is 33.5 Å². The third-order valence-electron chi connectivity index (χ3n) is 8.28. The second-order valence-corrected chi connectivity index (χ2v) is 28.6. The second kappa shape index (κ2) is 11.3. The normalized spacial score (nSPS) is 14.7. The molecular weight excluding hydrogens is 611 g/mol. The molecule has 5 aromatic rings. The van der Waals surface area contributed by atoms with Gasteiger partial charge in [-0.05, 0) is 0 Å². The molecule has 7 rings (SSSR count). The largest absolute Gasteiger partial charge is 1.00 e. The maximum absolute atomic E-state index is 2.62. The number of aryl methyl sites for hydroxylation is 1. The molecule has 1 atom stereocenters. The summed E-state index contributed by atoms with van der Waals surface area (Å²) >= 11 is -2.22. The average molecular weight is 641 g/mol. The van der Waals surface area contributed by atoms with E-state index in [1.165, 1.54) is 38.6 Å². The Morgan fingerprint density at radius 2 is 1.15 bits per heavy atom. The van der Waals surface area contributed by atoms with Crippen LogP contribution >= 0.6 is 0 Å². The predicted octanol–water partition coefficient (Wildman–Crippen LogP) is 3.39. The van der Waals surface area contributed by atoms with Crippen LogP contribution in [0.5, 0.6) is 0 Å². The zero-order valence-corrected chi connectivity index (χ0v) is 27.4. The van der Waals surface area contributed by atoms with Crippen LogP contribution in [0, 0.1) is 6.92 Å². The Kier molecular flexibility index (Phi) is 8.23. The summed E-state index contributed by atoms with van der Waals surface area (Å²) < 4.78 is 1.17. The van der Waals surface area contributed by atoms with E-state index in [-0.39, 0.29) is 24.8 Å². The summed E-state index contributed by atoms with van der Waals surface area (Å²) in [6, 6.07) is 41.7. The summed E-state index contributed by atoms with van der Waals surface area (Å²) in [6.07, 6.45) is 2.55. The third kappa shape index (κ3) is 4.64. The Bertz CT molecular complexity index is 1740. The molecule has 39 heavy (non-hydrogen) atoms. The minimum atomic E-state index is -2.22. The standard InChI is InChI=1S/C20H15.C13H9.C2H6Si.2ClH.Zr/c1-14-10-17-8-4-5-9-19(17)20(11-14)18-12-15-6-2-3-7-16(15)13-18;1-3-7-12-10(5-1)9-11-6-2-4-8-13(11)12;1-3-2;;;/h2-13H,1H3;1-9H;1-2H3;2*1H;/q;;;;;+2/p-2. The van der Waals surface area contributed by atoms with Crippen molar-refractivity contribution in [3.63, 3.8) is 0 Å². The quantitative estimate of drug-likeness (QED) is 0.266. The summed E-state index contributed by atoms with van der Waals surface area (Å²) in [6.45, 7) is 7.50. The number of halogens is 2. The molecule has 5 aromatic carbocycles. The van der Waals surface area contributed by atoms with E-state index >= 15 is 0 Å².